The largest absolute Gasteiger partial charge is 0.494 e. The highest BCUT2D eigenvalue weighted by Crippen LogP contribution is 2.32. The molecule has 0 unspecified atom stereocenters. The summed E-state index contributed by atoms with van der Waals surface area (Å²) in [5.74, 6) is 1.11. The van der Waals surface area contributed by atoms with Crippen LogP contribution in [0.5, 0.6) is 11.5 Å². The van der Waals surface area contributed by atoms with Gasteiger partial charge in [0.1, 0.15) is 18.1 Å². The highest BCUT2D eigenvalue weighted by atomic mass is 79.9. The highest BCUT2D eigenvalue weighted by Gasteiger charge is 2.32. The molecular weight excluding hydrogens is 650 g/mol. The summed E-state index contributed by atoms with van der Waals surface area (Å²) in [6, 6.07) is 31.8. The molecule has 0 saturated carbocycles. The van der Waals surface area contributed by atoms with Gasteiger partial charge in [-0.25, -0.2) is 4.99 Å². The first kappa shape index (κ1) is 30.3. The molecule has 1 aliphatic heterocycles. The molecule has 0 saturated heterocycles. The molecule has 0 fully saturated rings. The zero-order valence-corrected chi connectivity index (χ0v) is 27.1. The zero-order chi connectivity index (χ0) is 31.3. The summed E-state index contributed by atoms with van der Waals surface area (Å²) < 4.78 is 14.6. The Bertz CT molecular complexity index is 2050. The lowest BCUT2D eigenvalue weighted by molar-refractivity contribution is -0.113. The van der Waals surface area contributed by atoms with Crippen molar-refractivity contribution in [2.45, 2.75) is 26.5 Å². The van der Waals surface area contributed by atoms with Crippen LogP contribution in [0.2, 0.25) is 0 Å². The summed E-state index contributed by atoms with van der Waals surface area (Å²) in [5, 5.41) is 2.98. The van der Waals surface area contributed by atoms with Gasteiger partial charge in [-0.1, -0.05) is 78.1 Å². The second-order valence-electron chi connectivity index (χ2n) is 10.4. The number of fused-ring (bicyclic) bond motifs is 1. The van der Waals surface area contributed by atoms with E-state index in [1.807, 2.05) is 123 Å². The molecule has 0 aliphatic carbocycles. The molecule has 45 heavy (non-hydrogen) atoms. The van der Waals surface area contributed by atoms with Gasteiger partial charge in [-0.15, -0.1) is 0 Å². The minimum absolute atomic E-state index is 0.226. The van der Waals surface area contributed by atoms with E-state index in [0.717, 1.165) is 21.2 Å². The summed E-state index contributed by atoms with van der Waals surface area (Å²) in [7, 11) is 0. The first-order chi connectivity index (χ1) is 21.9. The third-order valence-corrected chi connectivity index (χ3v) is 8.90. The third kappa shape index (κ3) is 6.69. The molecule has 1 aromatic heterocycles. The zero-order valence-electron chi connectivity index (χ0n) is 24.7. The van der Waals surface area contributed by atoms with Gasteiger partial charge < -0.3 is 14.8 Å². The number of thiazole rings is 1. The lowest BCUT2D eigenvalue weighted by Crippen LogP contribution is -2.40. The first-order valence-electron chi connectivity index (χ1n) is 14.5. The Kier molecular flexibility index (Phi) is 9.09. The number of carbonyl (C=O) groups excluding carboxylic acids is 1. The van der Waals surface area contributed by atoms with Gasteiger partial charge in [0.2, 0.25) is 0 Å². The molecule has 1 atom stereocenters. The number of aromatic nitrogens is 1. The minimum atomic E-state index is -0.678. The van der Waals surface area contributed by atoms with E-state index in [1.54, 1.807) is 4.57 Å². The number of rotatable bonds is 9. The Morgan fingerprint density at radius 2 is 1.69 bits per heavy atom. The Labute approximate surface area is 272 Å². The van der Waals surface area contributed by atoms with Crippen molar-refractivity contribution < 1.29 is 14.3 Å². The van der Waals surface area contributed by atoms with Crippen molar-refractivity contribution in [1.82, 2.24) is 4.57 Å². The fourth-order valence-corrected chi connectivity index (χ4v) is 6.73. The Morgan fingerprint density at radius 1 is 0.978 bits per heavy atom. The van der Waals surface area contributed by atoms with Gasteiger partial charge >= 0.3 is 0 Å². The van der Waals surface area contributed by atoms with E-state index in [0.29, 0.717) is 51.0 Å². The Balaban J connectivity index is 1.37. The SMILES string of the molecule is CCOc1ccc([C@@H]2C(C(=O)Nc3ccccc3)=C(C)N=c3s/c(=C\c4ccc(OCc5ccccc5)c(Br)c4)c(=O)n32)cc1. The summed E-state index contributed by atoms with van der Waals surface area (Å²) in [4.78, 5) is 33.1. The number of hydrogen-bond acceptors (Lipinski definition) is 6. The molecule has 226 valence electrons. The molecule has 4 aromatic carbocycles. The van der Waals surface area contributed by atoms with E-state index in [2.05, 4.69) is 21.2 Å². The average molecular weight is 681 g/mol. The quantitative estimate of drug-likeness (QED) is 0.190. The normalized spacial score (nSPS) is 14.5. The molecule has 0 bridgehead atoms. The van der Waals surface area contributed by atoms with Gasteiger partial charge in [0.15, 0.2) is 4.80 Å². The number of para-hydroxylation sites is 1. The molecule has 0 radical (unpaired) electrons. The van der Waals surface area contributed by atoms with Crippen LogP contribution in [-0.2, 0) is 11.4 Å². The van der Waals surface area contributed by atoms with E-state index < -0.39 is 6.04 Å². The van der Waals surface area contributed by atoms with E-state index in [9.17, 15) is 9.59 Å². The number of benzene rings is 4. The van der Waals surface area contributed by atoms with Gasteiger partial charge in [-0.2, -0.15) is 0 Å². The molecule has 7 nitrogen and oxygen atoms in total. The van der Waals surface area contributed by atoms with Crippen LogP contribution >= 0.6 is 27.3 Å². The number of nitrogens with one attached hydrogen (secondary N) is 1. The summed E-state index contributed by atoms with van der Waals surface area (Å²) >= 11 is 4.92. The van der Waals surface area contributed by atoms with Crippen molar-refractivity contribution in [3.05, 3.63) is 155 Å². The smallest absolute Gasteiger partial charge is 0.271 e. The number of hydrogen-bond donors (Lipinski definition) is 1. The molecular formula is C36H30BrN3O4S. The van der Waals surface area contributed by atoms with Gasteiger partial charge in [0, 0.05) is 5.69 Å². The fraction of sp³-hybridized carbons (Fsp3) is 0.139. The number of allylic oxidation sites excluding steroid dienone is 1. The van der Waals surface area contributed by atoms with Crippen LogP contribution in [0.25, 0.3) is 6.08 Å². The van der Waals surface area contributed by atoms with Crippen molar-refractivity contribution >= 4 is 44.9 Å². The van der Waals surface area contributed by atoms with Crippen LogP contribution in [-0.4, -0.2) is 17.1 Å². The number of anilines is 1. The van der Waals surface area contributed by atoms with Crippen LogP contribution < -0.4 is 29.7 Å². The second kappa shape index (κ2) is 13.5. The van der Waals surface area contributed by atoms with Gasteiger partial charge in [0.05, 0.1) is 32.9 Å². The third-order valence-electron chi connectivity index (χ3n) is 7.30. The Morgan fingerprint density at radius 3 is 2.38 bits per heavy atom. The minimum Gasteiger partial charge on any atom is -0.494 e. The van der Waals surface area contributed by atoms with E-state index >= 15 is 0 Å². The van der Waals surface area contributed by atoms with Gasteiger partial charge in [-0.3, -0.25) is 14.2 Å². The monoisotopic (exact) mass is 679 g/mol. The number of nitrogens with zero attached hydrogens (tertiary/aromatic N) is 2. The molecule has 0 spiro atoms. The van der Waals surface area contributed by atoms with Crippen molar-refractivity contribution in [3.8, 4) is 11.5 Å². The molecule has 6 rings (SSSR count). The molecule has 1 aliphatic rings. The number of ether oxygens (including phenoxy) is 2. The number of halogens is 1. The standard InChI is InChI=1S/C36H30BrN3O4S/c1-3-43-28-17-15-26(16-18-28)33-32(34(41)39-27-12-8-5-9-13-27)23(2)38-36-40(33)35(42)31(45-36)21-25-14-19-30(29(37)20-25)44-22-24-10-6-4-7-11-24/h4-21,33H,3,22H2,1-2H3,(H,39,41)/b31-21-/t33-/m1/s1. The van der Waals surface area contributed by atoms with Crippen LogP contribution in [0.4, 0.5) is 5.69 Å². The van der Waals surface area contributed by atoms with E-state index in [-0.39, 0.29) is 11.5 Å². The van der Waals surface area contributed by atoms with Crippen molar-refractivity contribution in [3.63, 3.8) is 0 Å². The average Bonchev–Trinajstić information content (AvgIpc) is 3.35. The molecule has 2 heterocycles. The first-order valence-corrected chi connectivity index (χ1v) is 16.1. The topological polar surface area (TPSA) is 81.9 Å². The summed E-state index contributed by atoms with van der Waals surface area (Å²) in [5.41, 5.74) is 4.07. The van der Waals surface area contributed by atoms with Crippen molar-refractivity contribution in [2.24, 2.45) is 4.99 Å². The summed E-state index contributed by atoms with van der Waals surface area (Å²) in [6.45, 7) is 4.72. The maximum absolute atomic E-state index is 14.1. The second-order valence-corrected chi connectivity index (χ2v) is 12.2. The molecule has 1 N–H and O–H groups in total. The molecule has 1 amide bonds. The lowest BCUT2D eigenvalue weighted by atomic mass is 9.95. The predicted octanol–water partition coefficient (Wildman–Crippen LogP) is 6.61. The van der Waals surface area contributed by atoms with Crippen LogP contribution in [0.15, 0.2) is 129 Å². The van der Waals surface area contributed by atoms with Crippen molar-refractivity contribution in [2.75, 3.05) is 11.9 Å². The predicted molar refractivity (Wildman–Crippen MR) is 181 cm³/mol. The van der Waals surface area contributed by atoms with Crippen LogP contribution in [0.3, 0.4) is 0 Å². The molecule has 9 heteroatoms. The van der Waals surface area contributed by atoms with Crippen LogP contribution in [0.1, 0.15) is 36.6 Å². The van der Waals surface area contributed by atoms with E-state index in [4.69, 9.17) is 14.5 Å². The van der Waals surface area contributed by atoms with Gasteiger partial charge in [-0.05, 0) is 88.9 Å². The Hall–Kier alpha value is -4.73. The molecule has 5 aromatic rings. The highest BCUT2D eigenvalue weighted by molar-refractivity contribution is 9.10. The number of carbonyl (C=O) groups is 1. The fourth-order valence-electron chi connectivity index (χ4n) is 5.17. The lowest BCUT2D eigenvalue weighted by Gasteiger charge is -2.25. The maximum atomic E-state index is 14.1. The maximum Gasteiger partial charge on any atom is 0.271 e. The number of amides is 1. The van der Waals surface area contributed by atoms with Gasteiger partial charge in [0.25, 0.3) is 11.5 Å². The summed E-state index contributed by atoms with van der Waals surface area (Å²) in [6.07, 6.45) is 1.84. The van der Waals surface area contributed by atoms with Crippen molar-refractivity contribution in [1.29, 1.82) is 0 Å². The van der Waals surface area contributed by atoms with E-state index in [1.165, 1.54) is 11.3 Å². The van der Waals surface area contributed by atoms with Crippen LogP contribution in [0, 0.1) is 0 Å².